The maximum absolute atomic E-state index is 12.8. The van der Waals surface area contributed by atoms with E-state index < -0.39 is 7.67 Å². The number of aryl methyl sites for hydroxylation is 1. The van der Waals surface area contributed by atoms with Crippen LogP contribution in [0.3, 0.4) is 0 Å². The van der Waals surface area contributed by atoms with Gasteiger partial charge in [0.15, 0.2) is 0 Å². The molecule has 1 aromatic carbocycles. The summed E-state index contributed by atoms with van der Waals surface area (Å²) in [4.78, 5) is 0. The molecule has 1 aromatic rings. The third-order valence-corrected chi connectivity index (χ3v) is 4.72. The summed E-state index contributed by atoms with van der Waals surface area (Å²) < 4.78 is 20.0. The molecule has 0 spiro atoms. The quantitative estimate of drug-likeness (QED) is 0.851. The van der Waals surface area contributed by atoms with Crippen molar-refractivity contribution in [1.29, 1.82) is 0 Å². The molecule has 1 atom stereocenters. The van der Waals surface area contributed by atoms with Gasteiger partial charge >= 0.3 is 7.67 Å². The van der Waals surface area contributed by atoms with Crippen molar-refractivity contribution in [2.75, 3.05) is 14.1 Å². The van der Waals surface area contributed by atoms with E-state index in [1.165, 1.54) is 0 Å². The van der Waals surface area contributed by atoms with Crippen molar-refractivity contribution in [3.8, 4) is 5.75 Å². The highest BCUT2D eigenvalue weighted by atomic mass is 31.2. The predicted molar refractivity (Wildman–Crippen MR) is 76.0 cm³/mol. The average Bonchev–Trinajstić information content (AvgIpc) is 2.18. The topological polar surface area (TPSA) is 41.6 Å². The van der Waals surface area contributed by atoms with Crippen LogP contribution in [-0.2, 0) is 4.57 Å². The molecule has 5 heteroatoms. The Hall–Kier alpha value is -0.830. The number of hydrogen-bond acceptors (Lipinski definition) is 2. The molecule has 0 heterocycles. The van der Waals surface area contributed by atoms with Crippen LogP contribution < -0.4 is 9.61 Å². The summed E-state index contributed by atoms with van der Waals surface area (Å²) in [7, 11) is 0.421. The van der Waals surface area contributed by atoms with Gasteiger partial charge in [0, 0.05) is 5.54 Å². The lowest BCUT2D eigenvalue weighted by atomic mass is 10.1. The highest BCUT2D eigenvalue weighted by molar-refractivity contribution is 7.54. The van der Waals surface area contributed by atoms with Gasteiger partial charge in [-0.1, -0.05) is 17.7 Å². The smallest absolute Gasteiger partial charge is 0.393 e. The first kappa shape index (κ1) is 15.2. The van der Waals surface area contributed by atoms with Crippen molar-refractivity contribution in [3.05, 3.63) is 29.8 Å². The molecule has 0 saturated heterocycles. The summed E-state index contributed by atoms with van der Waals surface area (Å²) in [6.07, 6.45) is 0. The van der Waals surface area contributed by atoms with Gasteiger partial charge in [-0.15, -0.1) is 0 Å². The Morgan fingerprint density at radius 2 is 1.67 bits per heavy atom. The third kappa shape index (κ3) is 4.45. The van der Waals surface area contributed by atoms with Gasteiger partial charge < -0.3 is 4.52 Å². The van der Waals surface area contributed by atoms with Gasteiger partial charge in [-0.3, -0.25) is 0 Å². The molecule has 18 heavy (non-hydrogen) atoms. The van der Waals surface area contributed by atoms with E-state index in [4.69, 9.17) is 4.52 Å². The fourth-order valence-corrected chi connectivity index (χ4v) is 3.03. The molecule has 1 rings (SSSR count). The van der Waals surface area contributed by atoms with Gasteiger partial charge in [-0.05, 0) is 53.9 Å². The number of nitrogens with zero attached hydrogens (tertiary/aromatic N) is 1. The molecule has 0 amide bonds. The van der Waals surface area contributed by atoms with Gasteiger partial charge in [0.05, 0.1) is 0 Å². The van der Waals surface area contributed by atoms with Crippen molar-refractivity contribution in [2.24, 2.45) is 0 Å². The summed E-state index contributed by atoms with van der Waals surface area (Å²) >= 11 is 0. The lowest BCUT2D eigenvalue weighted by Gasteiger charge is -2.31. The number of hydrogen-bond donors (Lipinski definition) is 1. The predicted octanol–water partition coefficient (Wildman–Crippen LogP) is 3.43. The zero-order chi connectivity index (χ0) is 14.0. The van der Waals surface area contributed by atoms with Crippen LogP contribution in [0.4, 0.5) is 0 Å². The molecule has 102 valence electrons. The van der Waals surface area contributed by atoms with Crippen LogP contribution in [0.1, 0.15) is 26.3 Å². The Morgan fingerprint density at radius 1 is 1.17 bits per heavy atom. The zero-order valence-corrected chi connectivity index (χ0v) is 12.9. The Labute approximate surface area is 110 Å². The zero-order valence-electron chi connectivity index (χ0n) is 12.0. The van der Waals surface area contributed by atoms with Crippen molar-refractivity contribution in [2.45, 2.75) is 33.2 Å². The minimum Gasteiger partial charge on any atom is -0.422 e. The molecular formula is C13H23N2O2P. The molecule has 0 radical (unpaired) electrons. The van der Waals surface area contributed by atoms with E-state index in [9.17, 15) is 4.57 Å². The highest BCUT2D eigenvalue weighted by Crippen LogP contribution is 2.46. The van der Waals surface area contributed by atoms with Gasteiger partial charge in [0.25, 0.3) is 0 Å². The van der Waals surface area contributed by atoms with Gasteiger partial charge in [0.2, 0.25) is 0 Å². The largest absolute Gasteiger partial charge is 0.422 e. The van der Waals surface area contributed by atoms with Crippen molar-refractivity contribution in [1.82, 2.24) is 9.76 Å². The Morgan fingerprint density at radius 3 is 2.06 bits per heavy atom. The van der Waals surface area contributed by atoms with Crippen LogP contribution in [0.2, 0.25) is 0 Å². The first-order valence-electron chi connectivity index (χ1n) is 5.96. The second kappa shape index (κ2) is 5.43. The SMILES string of the molecule is Cc1ccc(OP(=O)(NC(C)(C)C)N(C)C)cc1. The second-order valence-corrected chi connectivity index (χ2v) is 7.88. The number of benzene rings is 1. The molecular weight excluding hydrogens is 247 g/mol. The number of nitrogens with one attached hydrogen (secondary N) is 1. The first-order valence-corrected chi connectivity index (χ1v) is 7.54. The normalized spacial score (nSPS) is 15.5. The maximum Gasteiger partial charge on any atom is 0.393 e. The molecule has 0 aliphatic rings. The van der Waals surface area contributed by atoms with E-state index in [0.717, 1.165) is 5.56 Å². The molecule has 0 fully saturated rings. The summed E-state index contributed by atoms with van der Waals surface area (Å²) in [5.74, 6) is 0.606. The Balaban J connectivity index is 2.93. The van der Waals surface area contributed by atoms with Gasteiger partial charge in [-0.2, -0.15) is 0 Å². The fraction of sp³-hybridized carbons (Fsp3) is 0.538. The first-order chi connectivity index (χ1) is 8.12. The molecule has 0 aliphatic carbocycles. The monoisotopic (exact) mass is 270 g/mol. The molecule has 0 bridgehead atoms. The second-order valence-electron chi connectivity index (χ2n) is 5.63. The molecule has 0 aliphatic heterocycles. The van der Waals surface area contributed by atoms with E-state index in [0.29, 0.717) is 5.75 Å². The standard InChI is InChI=1S/C13H23N2O2P/c1-11-7-9-12(10-8-11)17-18(16,15(5)6)14-13(2,3)4/h7-10H,1-6H3,(H,14,16). The molecule has 4 nitrogen and oxygen atoms in total. The molecule has 1 N–H and O–H groups in total. The maximum atomic E-state index is 12.8. The van der Waals surface area contributed by atoms with Crippen molar-refractivity contribution in [3.63, 3.8) is 0 Å². The van der Waals surface area contributed by atoms with Gasteiger partial charge in [0.1, 0.15) is 5.75 Å². The van der Waals surface area contributed by atoms with Crippen LogP contribution in [0.15, 0.2) is 24.3 Å². The summed E-state index contributed by atoms with van der Waals surface area (Å²) in [5, 5.41) is 3.05. The molecule has 0 saturated carbocycles. The van der Waals surface area contributed by atoms with Crippen LogP contribution in [0.25, 0.3) is 0 Å². The lowest BCUT2D eigenvalue weighted by molar-refractivity contribution is 0.370. The van der Waals surface area contributed by atoms with Crippen LogP contribution >= 0.6 is 7.67 Å². The van der Waals surface area contributed by atoms with Crippen molar-refractivity contribution < 1.29 is 9.09 Å². The van der Waals surface area contributed by atoms with E-state index in [-0.39, 0.29) is 5.54 Å². The van der Waals surface area contributed by atoms with E-state index >= 15 is 0 Å². The Bertz CT molecular complexity index is 435. The summed E-state index contributed by atoms with van der Waals surface area (Å²) in [6.45, 7) is 7.88. The van der Waals surface area contributed by atoms with E-state index in [1.807, 2.05) is 52.0 Å². The van der Waals surface area contributed by atoms with Crippen LogP contribution in [-0.4, -0.2) is 24.3 Å². The van der Waals surface area contributed by atoms with E-state index in [2.05, 4.69) is 5.09 Å². The molecule has 0 aromatic heterocycles. The summed E-state index contributed by atoms with van der Waals surface area (Å²) in [5.41, 5.74) is 0.857. The minimum absolute atomic E-state index is 0.287. The van der Waals surface area contributed by atoms with Gasteiger partial charge in [-0.25, -0.2) is 14.3 Å². The lowest BCUT2D eigenvalue weighted by Crippen LogP contribution is -2.38. The molecule has 1 unspecified atom stereocenters. The fourth-order valence-electron chi connectivity index (χ4n) is 1.37. The third-order valence-electron chi connectivity index (χ3n) is 2.25. The summed E-state index contributed by atoms with van der Waals surface area (Å²) in [6, 6.07) is 7.53. The Kier molecular flexibility index (Phi) is 4.60. The van der Waals surface area contributed by atoms with E-state index in [1.54, 1.807) is 18.8 Å². The number of rotatable bonds is 4. The minimum atomic E-state index is -3.07. The van der Waals surface area contributed by atoms with Crippen LogP contribution in [0, 0.1) is 6.92 Å². The van der Waals surface area contributed by atoms with Crippen molar-refractivity contribution >= 4 is 7.67 Å². The average molecular weight is 270 g/mol. The highest BCUT2D eigenvalue weighted by Gasteiger charge is 2.32. The van der Waals surface area contributed by atoms with Crippen LogP contribution in [0.5, 0.6) is 5.75 Å².